The molecular weight excluding hydrogens is 444 g/mol. The van der Waals surface area contributed by atoms with Crippen molar-refractivity contribution in [2.75, 3.05) is 0 Å². The van der Waals surface area contributed by atoms with Gasteiger partial charge in [0.25, 0.3) is 0 Å². The molecule has 1 heterocycles. The number of hydrogen-bond acceptors (Lipinski definition) is 2. The molecule has 0 radical (unpaired) electrons. The van der Waals surface area contributed by atoms with Gasteiger partial charge in [-0.15, -0.1) is 0 Å². The van der Waals surface area contributed by atoms with Crippen molar-refractivity contribution in [3.8, 4) is 5.75 Å². The molecule has 0 aromatic heterocycles. The van der Waals surface area contributed by atoms with E-state index in [1.165, 1.54) is 5.82 Å². The van der Waals surface area contributed by atoms with E-state index in [1.54, 1.807) is 24.3 Å². The lowest BCUT2D eigenvalue weighted by molar-refractivity contribution is 0.505. The summed E-state index contributed by atoms with van der Waals surface area (Å²) in [7, 11) is 0. The zero-order valence-electron chi connectivity index (χ0n) is 10.9. The number of halogens is 6. The van der Waals surface area contributed by atoms with Gasteiger partial charge in [-0.3, -0.25) is 4.57 Å². The van der Waals surface area contributed by atoms with Gasteiger partial charge in [0.15, 0.2) is 5.75 Å². The highest BCUT2D eigenvalue weighted by molar-refractivity contribution is 7.88. The fraction of sp³-hybridized carbons (Fsp3) is 0. The Kier molecular flexibility index (Phi) is 4.90. The van der Waals surface area contributed by atoms with Crippen LogP contribution in [-0.2, 0) is 4.57 Å². The van der Waals surface area contributed by atoms with Gasteiger partial charge < -0.3 is 4.52 Å². The molecule has 1 unspecified atom stereocenters. The Morgan fingerprint density at radius 3 is 2.00 bits per heavy atom. The monoisotopic (exact) mass is 446 g/mol. The molecule has 0 spiro atoms. The predicted octanol–water partition coefficient (Wildman–Crippen LogP) is 8.17. The second-order valence-electron chi connectivity index (χ2n) is 4.62. The summed E-state index contributed by atoms with van der Waals surface area (Å²) in [5, 5.41) is 0.761. The minimum absolute atomic E-state index is 0.00324. The highest BCUT2D eigenvalue weighted by atomic mass is 35.7. The molecule has 9 heteroatoms. The predicted molar refractivity (Wildman–Crippen MR) is 99.1 cm³/mol. The van der Waals surface area contributed by atoms with Crippen molar-refractivity contribution < 1.29 is 9.09 Å². The molecule has 2 aromatic rings. The smallest absolute Gasteiger partial charge is 0.360 e. The minimum atomic E-state index is -3.60. The summed E-state index contributed by atoms with van der Waals surface area (Å²) < 4.78 is 17.7. The van der Waals surface area contributed by atoms with Gasteiger partial charge in [-0.1, -0.05) is 70.1 Å². The van der Waals surface area contributed by atoms with Crippen molar-refractivity contribution in [2.45, 2.75) is 0 Å². The SMILES string of the molecule is O=P1(Cl)C=C(c2ccc(Cl)cc2)c2c(Cl)c(Cl)c(Cl)c(Cl)c2O1. The van der Waals surface area contributed by atoms with E-state index in [2.05, 4.69) is 0 Å². The van der Waals surface area contributed by atoms with Crippen LogP contribution in [0.4, 0.5) is 0 Å². The topological polar surface area (TPSA) is 26.3 Å². The van der Waals surface area contributed by atoms with Gasteiger partial charge in [0.2, 0.25) is 0 Å². The van der Waals surface area contributed by atoms with Crippen molar-refractivity contribution in [3.63, 3.8) is 0 Å². The summed E-state index contributed by atoms with van der Waals surface area (Å²) in [5.74, 6) is 1.34. The lowest BCUT2D eigenvalue weighted by Gasteiger charge is -2.25. The molecule has 2 aromatic carbocycles. The van der Waals surface area contributed by atoms with Crippen molar-refractivity contribution >= 4 is 81.5 Å². The summed E-state index contributed by atoms with van der Waals surface area (Å²) in [6.07, 6.45) is 0. The van der Waals surface area contributed by atoms with Gasteiger partial charge >= 0.3 is 6.72 Å². The van der Waals surface area contributed by atoms with Gasteiger partial charge in [0.05, 0.1) is 15.1 Å². The van der Waals surface area contributed by atoms with E-state index in [0.717, 1.165) is 0 Å². The van der Waals surface area contributed by atoms with Gasteiger partial charge in [-0.2, -0.15) is 0 Å². The molecule has 0 saturated carbocycles. The Hall–Kier alpha value is -0.0500. The van der Waals surface area contributed by atoms with E-state index < -0.39 is 6.72 Å². The summed E-state index contributed by atoms with van der Waals surface area (Å²) in [6.45, 7) is -3.60. The number of rotatable bonds is 1. The van der Waals surface area contributed by atoms with E-state index in [9.17, 15) is 4.57 Å². The number of fused-ring (bicyclic) bond motifs is 1. The maximum Gasteiger partial charge on any atom is 0.360 e. The summed E-state index contributed by atoms with van der Waals surface area (Å²) >= 11 is 36.5. The van der Waals surface area contributed by atoms with Crippen LogP contribution < -0.4 is 4.52 Å². The quantitative estimate of drug-likeness (QED) is 0.250. The summed E-state index contributed by atoms with van der Waals surface area (Å²) in [5.41, 5.74) is 1.53. The molecule has 0 saturated heterocycles. The zero-order chi connectivity index (χ0) is 16.9. The third kappa shape index (κ3) is 3.24. The van der Waals surface area contributed by atoms with E-state index in [1.807, 2.05) is 0 Å². The van der Waals surface area contributed by atoms with Crippen LogP contribution in [0.15, 0.2) is 30.1 Å². The molecule has 0 amide bonds. The van der Waals surface area contributed by atoms with Crippen LogP contribution in [-0.4, -0.2) is 0 Å². The molecule has 1 aliphatic heterocycles. The van der Waals surface area contributed by atoms with Gasteiger partial charge in [0.1, 0.15) is 5.02 Å². The lowest BCUT2D eigenvalue weighted by atomic mass is 9.98. The van der Waals surface area contributed by atoms with Gasteiger partial charge in [0, 0.05) is 22.0 Å². The van der Waals surface area contributed by atoms with Crippen LogP contribution in [0, 0.1) is 0 Å². The van der Waals surface area contributed by atoms with E-state index in [-0.39, 0.29) is 25.8 Å². The average Bonchev–Trinajstić information content (AvgIpc) is 2.50. The molecule has 3 rings (SSSR count). The second-order valence-corrected chi connectivity index (χ2v) is 9.47. The van der Waals surface area contributed by atoms with Crippen LogP contribution in [0.2, 0.25) is 25.1 Å². The normalized spacial score (nSPS) is 19.8. The lowest BCUT2D eigenvalue weighted by Crippen LogP contribution is -2.02. The molecule has 2 nitrogen and oxygen atoms in total. The highest BCUT2D eigenvalue weighted by Gasteiger charge is 2.34. The minimum Gasteiger partial charge on any atom is -0.428 e. The first-order valence-corrected chi connectivity index (χ1v) is 10.5. The van der Waals surface area contributed by atoms with Gasteiger partial charge in [-0.25, -0.2) is 0 Å². The van der Waals surface area contributed by atoms with Crippen molar-refractivity contribution in [1.82, 2.24) is 0 Å². The maximum absolute atomic E-state index is 12.4. The third-order valence-corrected chi connectivity index (χ3v) is 6.68. The maximum atomic E-state index is 12.4. The molecule has 1 aliphatic rings. The summed E-state index contributed by atoms with van der Waals surface area (Å²) in [6, 6.07) is 6.82. The molecule has 0 bridgehead atoms. The third-order valence-electron chi connectivity index (χ3n) is 3.15. The van der Waals surface area contributed by atoms with Crippen LogP contribution in [0.3, 0.4) is 0 Å². The summed E-state index contributed by atoms with van der Waals surface area (Å²) in [4.78, 5) is 0. The zero-order valence-corrected chi connectivity index (χ0v) is 16.3. The number of benzene rings is 2. The molecular formula is C14H5Cl6O2P. The Morgan fingerprint density at radius 2 is 1.39 bits per heavy atom. The molecule has 120 valence electrons. The first-order valence-electron chi connectivity index (χ1n) is 6.05. The molecule has 0 N–H and O–H groups in total. The largest absolute Gasteiger partial charge is 0.428 e. The Labute approximate surface area is 162 Å². The molecule has 23 heavy (non-hydrogen) atoms. The first kappa shape index (κ1) is 17.8. The van der Waals surface area contributed by atoms with Crippen molar-refractivity contribution in [3.05, 3.63) is 66.3 Å². The second kappa shape index (κ2) is 6.35. The van der Waals surface area contributed by atoms with Crippen LogP contribution in [0.1, 0.15) is 11.1 Å². The Balaban J connectivity index is 2.36. The Morgan fingerprint density at radius 1 is 0.826 bits per heavy atom. The van der Waals surface area contributed by atoms with E-state index in [0.29, 0.717) is 21.7 Å². The average molecular weight is 449 g/mol. The van der Waals surface area contributed by atoms with E-state index in [4.69, 9.17) is 73.8 Å². The van der Waals surface area contributed by atoms with Crippen LogP contribution >= 0.6 is 76.0 Å². The van der Waals surface area contributed by atoms with E-state index >= 15 is 0 Å². The Bertz CT molecular complexity index is 891. The van der Waals surface area contributed by atoms with Crippen LogP contribution in [0.25, 0.3) is 5.57 Å². The fourth-order valence-corrected chi connectivity index (χ4v) is 4.88. The van der Waals surface area contributed by atoms with Gasteiger partial charge in [-0.05, 0) is 28.9 Å². The molecule has 0 fully saturated rings. The highest BCUT2D eigenvalue weighted by Crippen LogP contribution is 2.64. The molecule has 1 atom stereocenters. The number of hydrogen-bond donors (Lipinski definition) is 0. The standard InChI is InChI=1S/C14H5Cl6O2P/c15-7-3-1-6(2-4-7)8-5-23(20,21)22-14-9(8)10(16)11(17)12(18)13(14)19/h1-5H. The van der Waals surface area contributed by atoms with Crippen molar-refractivity contribution in [1.29, 1.82) is 0 Å². The van der Waals surface area contributed by atoms with Crippen LogP contribution in [0.5, 0.6) is 5.75 Å². The fourth-order valence-electron chi connectivity index (χ4n) is 2.16. The van der Waals surface area contributed by atoms with Crippen molar-refractivity contribution in [2.24, 2.45) is 0 Å². The molecule has 0 aliphatic carbocycles. The first-order chi connectivity index (χ1) is 10.7.